The number of carbonyl (C=O) groups is 1. The van der Waals surface area contributed by atoms with Gasteiger partial charge in [-0.25, -0.2) is 9.97 Å². The van der Waals surface area contributed by atoms with Gasteiger partial charge >= 0.3 is 0 Å². The molecule has 1 N–H and O–H groups in total. The second kappa shape index (κ2) is 11.3. The molecule has 0 unspecified atom stereocenters. The maximum Gasteiger partial charge on any atom is 0.272 e. The molecule has 1 aromatic carbocycles. The van der Waals surface area contributed by atoms with Crippen LogP contribution in [0.1, 0.15) is 42.2 Å². The zero-order valence-electron chi connectivity index (χ0n) is 17.3. The Morgan fingerprint density at radius 1 is 1.10 bits per heavy atom. The van der Waals surface area contributed by atoms with Crippen LogP contribution < -0.4 is 5.32 Å². The fraction of sp³-hybridized carbons (Fsp3) is 0.435. The molecule has 3 rings (SSSR count). The number of unbranched alkanes of at least 4 members (excludes halogenated alkanes) is 2. The molecule has 1 aromatic heterocycles. The third-order valence-electron chi connectivity index (χ3n) is 5.07. The number of hydrogen-bond donors (Lipinski definition) is 1. The standard InChI is InChI=1S/C23H31N5O/c1-2-3-7-13-24-23-25-14-12-21(26-23)22(29)28-18-16-27(17-19-28)15-8-11-20-9-5-4-6-10-20/h4-6,8-12,14H,2-3,7,13,15-19H2,1H3,(H,24,25,26)/b11-8+. The van der Waals surface area contributed by atoms with Gasteiger partial charge in [0.25, 0.3) is 5.91 Å². The smallest absolute Gasteiger partial charge is 0.272 e. The molecule has 1 aliphatic heterocycles. The lowest BCUT2D eigenvalue weighted by Crippen LogP contribution is -2.48. The van der Waals surface area contributed by atoms with E-state index in [1.807, 2.05) is 23.1 Å². The molecule has 2 aromatic rings. The first-order valence-corrected chi connectivity index (χ1v) is 10.6. The lowest BCUT2D eigenvalue weighted by molar-refractivity contribution is 0.0644. The Bertz CT molecular complexity index is 785. The van der Waals surface area contributed by atoms with Crippen molar-refractivity contribution in [2.45, 2.75) is 26.2 Å². The number of anilines is 1. The zero-order chi connectivity index (χ0) is 20.3. The summed E-state index contributed by atoms with van der Waals surface area (Å²) in [5.41, 5.74) is 1.68. The molecule has 6 nitrogen and oxygen atoms in total. The minimum Gasteiger partial charge on any atom is -0.354 e. The van der Waals surface area contributed by atoms with Crippen molar-refractivity contribution in [2.24, 2.45) is 0 Å². The molecule has 1 saturated heterocycles. The van der Waals surface area contributed by atoms with Gasteiger partial charge < -0.3 is 10.2 Å². The molecule has 0 saturated carbocycles. The van der Waals surface area contributed by atoms with Crippen LogP contribution in [-0.4, -0.2) is 64.9 Å². The number of rotatable bonds is 9. The van der Waals surface area contributed by atoms with Gasteiger partial charge in [0.1, 0.15) is 5.69 Å². The Hall–Kier alpha value is -2.73. The van der Waals surface area contributed by atoms with Crippen molar-refractivity contribution >= 4 is 17.9 Å². The molecule has 154 valence electrons. The SMILES string of the molecule is CCCCCNc1nccc(C(=O)N2CCN(C/C=C/c3ccccc3)CC2)n1. The molecule has 0 bridgehead atoms. The summed E-state index contributed by atoms with van der Waals surface area (Å²) in [4.78, 5) is 25.7. The van der Waals surface area contributed by atoms with Crippen LogP contribution in [0.25, 0.3) is 6.08 Å². The molecule has 2 heterocycles. The maximum atomic E-state index is 12.8. The fourth-order valence-electron chi connectivity index (χ4n) is 3.34. The summed E-state index contributed by atoms with van der Waals surface area (Å²) in [6.45, 7) is 7.10. The van der Waals surface area contributed by atoms with Gasteiger partial charge in [-0.05, 0) is 18.1 Å². The van der Waals surface area contributed by atoms with Crippen molar-refractivity contribution in [3.63, 3.8) is 0 Å². The third kappa shape index (κ3) is 6.68. The predicted octanol–water partition coefficient (Wildman–Crippen LogP) is 3.55. The van der Waals surface area contributed by atoms with Crippen LogP contribution in [0.5, 0.6) is 0 Å². The quantitative estimate of drug-likeness (QED) is 0.660. The Labute approximate surface area is 173 Å². The summed E-state index contributed by atoms with van der Waals surface area (Å²) in [6.07, 6.45) is 9.43. The number of carbonyl (C=O) groups excluding carboxylic acids is 1. The fourth-order valence-corrected chi connectivity index (χ4v) is 3.34. The highest BCUT2D eigenvalue weighted by atomic mass is 16.2. The minimum absolute atomic E-state index is 0.0107. The monoisotopic (exact) mass is 393 g/mol. The highest BCUT2D eigenvalue weighted by Gasteiger charge is 2.22. The molecule has 6 heteroatoms. The topological polar surface area (TPSA) is 61.4 Å². The van der Waals surface area contributed by atoms with Crippen LogP contribution in [0.2, 0.25) is 0 Å². The van der Waals surface area contributed by atoms with E-state index in [0.29, 0.717) is 11.6 Å². The Morgan fingerprint density at radius 2 is 1.90 bits per heavy atom. The van der Waals surface area contributed by atoms with Crippen molar-refractivity contribution in [3.05, 3.63) is 59.9 Å². The number of nitrogens with one attached hydrogen (secondary N) is 1. The van der Waals surface area contributed by atoms with E-state index in [0.717, 1.165) is 45.7 Å². The van der Waals surface area contributed by atoms with Gasteiger partial charge in [0.15, 0.2) is 0 Å². The lowest BCUT2D eigenvalue weighted by Gasteiger charge is -2.34. The number of aromatic nitrogens is 2. The van der Waals surface area contributed by atoms with E-state index in [1.54, 1.807) is 12.3 Å². The first kappa shape index (κ1) is 21.0. The lowest BCUT2D eigenvalue weighted by atomic mass is 10.2. The molecule has 0 spiro atoms. The van der Waals surface area contributed by atoms with Crippen LogP contribution in [0.4, 0.5) is 5.95 Å². The average molecular weight is 394 g/mol. The molecule has 0 atom stereocenters. The van der Waals surface area contributed by atoms with Gasteiger partial charge in [-0.15, -0.1) is 0 Å². The third-order valence-corrected chi connectivity index (χ3v) is 5.07. The number of benzene rings is 1. The average Bonchev–Trinajstić information content (AvgIpc) is 2.78. The molecular weight excluding hydrogens is 362 g/mol. The molecule has 0 aliphatic carbocycles. The van der Waals surface area contributed by atoms with E-state index in [1.165, 1.54) is 18.4 Å². The van der Waals surface area contributed by atoms with E-state index >= 15 is 0 Å². The Kier molecular flexibility index (Phi) is 8.19. The maximum absolute atomic E-state index is 12.8. The van der Waals surface area contributed by atoms with E-state index in [4.69, 9.17) is 0 Å². The van der Waals surface area contributed by atoms with E-state index < -0.39 is 0 Å². The summed E-state index contributed by atoms with van der Waals surface area (Å²) in [5, 5.41) is 3.21. The van der Waals surface area contributed by atoms with Crippen LogP contribution >= 0.6 is 0 Å². The summed E-state index contributed by atoms with van der Waals surface area (Å²) < 4.78 is 0. The second-order valence-electron chi connectivity index (χ2n) is 7.31. The molecule has 1 aliphatic rings. The van der Waals surface area contributed by atoms with Gasteiger partial charge in [-0.2, -0.15) is 0 Å². The molecule has 1 fully saturated rings. The predicted molar refractivity (Wildman–Crippen MR) is 118 cm³/mol. The zero-order valence-corrected chi connectivity index (χ0v) is 17.3. The second-order valence-corrected chi connectivity index (χ2v) is 7.31. The van der Waals surface area contributed by atoms with Crippen LogP contribution in [-0.2, 0) is 0 Å². The van der Waals surface area contributed by atoms with E-state index in [2.05, 4.69) is 51.4 Å². The van der Waals surface area contributed by atoms with Crippen molar-refractivity contribution in [3.8, 4) is 0 Å². The van der Waals surface area contributed by atoms with Gasteiger partial charge in [0.2, 0.25) is 5.95 Å². The van der Waals surface area contributed by atoms with Gasteiger partial charge in [0.05, 0.1) is 0 Å². The molecule has 29 heavy (non-hydrogen) atoms. The van der Waals surface area contributed by atoms with Gasteiger partial charge in [-0.3, -0.25) is 9.69 Å². The van der Waals surface area contributed by atoms with Crippen LogP contribution in [0, 0.1) is 0 Å². The highest BCUT2D eigenvalue weighted by Crippen LogP contribution is 2.09. The molecule has 1 amide bonds. The van der Waals surface area contributed by atoms with Crippen molar-refractivity contribution < 1.29 is 4.79 Å². The van der Waals surface area contributed by atoms with Crippen LogP contribution in [0.3, 0.4) is 0 Å². The normalized spacial score (nSPS) is 15.0. The van der Waals surface area contributed by atoms with Crippen LogP contribution in [0.15, 0.2) is 48.7 Å². The summed E-state index contributed by atoms with van der Waals surface area (Å²) in [6, 6.07) is 12.0. The highest BCUT2D eigenvalue weighted by molar-refractivity contribution is 5.92. The van der Waals surface area contributed by atoms with E-state index in [-0.39, 0.29) is 5.91 Å². The van der Waals surface area contributed by atoms with E-state index in [9.17, 15) is 4.79 Å². The van der Waals surface area contributed by atoms with Crippen molar-refractivity contribution in [1.29, 1.82) is 0 Å². The molecule has 0 radical (unpaired) electrons. The largest absolute Gasteiger partial charge is 0.354 e. The summed E-state index contributed by atoms with van der Waals surface area (Å²) >= 11 is 0. The number of hydrogen-bond acceptors (Lipinski definition) is 5. The van der Waals surface area contributed by atoms with Gasteiger partial charge in [-0.1, -0.05) is 62.2 Å². The number of amides is 1. The van der Waals surface area contributed by atoms with Gasteiger partial charge in [0, 0.05) is 45.5 Å². The first-order chi connectivity index (χ1) is 14.3. The molecular formula is C23H31N5O. The Balaban J connectivity index is 1.45. The summed E-state index contributed by atoms with van der Waals surface area (Å²) in [7, 11) is 0. The number of nitrogens with zero attached hydrogens (tertiary/aromatic N) is 4. The minimum atomic E-state index is -0.0107. The van der Waals surface area contributed by atoms with Crippen molar-refractivity contribution in [2.75, 3.05) is 44.6 Å². The Morgan fingerprint density at radius 3 is 2.66 bits per heavy atom. The first-order valence-electron chi connectivity index (χ1n) is 10.6. The number of piperazine rings is 1. The van der Waals surface area contributed by atoms with Crippen molar-refractivity contribution in [1.82, 2.24) is 19.8 Å². The summed E-state index contributed by atoms with van der Waals surface area (Å²) in [5.74, 6) is 0.528.